The number of ketones is 1. The van der Waals surface area contributed by atoms with E-state index in [2.05, 4.69) is 5.32 Å². The highest BCUT2D eigenvalue weighted by molar-refractivity contribution is 6.04. The molecule has 1 fully saturated rings. The van der Waals surface area contributed by atoms with E-state index in [-0.39, 0.29) is 11.9 Å². The molecular formula is C13H15NO3. The first-order valence-electron chi connectivity index (χ1n) is 5.49. The first-order chi connectivity index (χ1) is 8.19. The molecule has 0 radical (unpaired) electrons. The molecular weight excluding hydrogens is 218 g/mol. The molecule has 1 heterocycles. The van der Waals surface area contributed by atoms with Crippen LogP contribution in [-0.4, -0.2) is 25.5 Å². The number of carbonyl (C=O) groups excluding carboxylic acids is 1. The fourth-order valence-corrected chi connectivity index (χ4v) is 1.59. The first-order valence-corrected chi connectivity index (χ1v) is 5.49. The van der Waals surface area contributed by atoms with Crippen LogP contribution in [0.25, 0.3) is 0 Å². The number of carbonyl (C=O) groups is 1. The highest BCUT2D eigenvalue weighted by atomic mass is 16.5. The van der Waals surface area contributed by atoms with E-state index in [0.29, 0.717) is 11.4 Å². The van der Waals surface area contributed by atoms with Gasteiger partial charge in [0.1, 0.15) is 11.9 Å². The molecule has 0 amide bonds. The summed E-state index contributed by atoms with van der Waals surface area (Å²) in [6.45, 7) is 2.69. The Labute approximate surface area is 100 Å². The maximum absolute atomic E-state index is 11.9. The predicted octanol–water partition coefficient (Wildman–Crippen LogP) is 1.73. The van der Waals surface area contributed by atoms with Crippen molar-refractivity contribution >= 4 is 5.78 Å². The molecule has 0 saturated carbocycles. The molecule has 1 unspecified atom stereocenters. The maximum Gasteiger partial charge on any atom is 0.191 e. The fourth-order valence-electron chi connectivity index (χ4n) is 1.59. The molecule has 2 rings (SSSR count). The number of ether oxygens (including phenoxy) is 2. The van der Waals surface area contributed by atoms with Crippen LogP contribution in [0.3, 0.4) is 0 Å². The summed E-state index contributed by atoms with van der Waals surface area (Å²) >= 11 is 0. The van der Waals surface area contributed by atoms with Gasteiger partial charge in [-0.3, -0.25) is 4.79 Å². The van der Waals surface area contributed by atoms with E-state index in [9.17, 15) is 4.79 Å². The molecule has 4 heteroatoms. The van der Waals surface area contributed by atoms with Crippen molar-refractivity contribution in [3.05, 3.63) is 41.8 Å². The van der Waals surface area contributed by atoms with Crippen LogP contribution in [0.5, 0.6) is 5.75 Å². The summed E-state index contributed by atoms with van der Waals surface area (Å²) in [7, 11) is 1.59. The largest absolute Gasteiger partial charge is 0.497 e. The third-order valence-electron chi connectivity index (χ3n) is 2.53. The normalized spacial score (nSPS) is 20.8. The maximum atomic E-state index is 11.9. The third-order valence-corrected chi connectivity index (χ3v) is 2.53. The lowest BCUT2D eigenvalue weighted by Crippen LogP contribution is -2.09. The summed E-state index contributed by atoms with van der Waals surface area (Å²) in [4.78, 5) is 11.9. The van der Waals surface area contributed by atoms with Crippen molar-refractivity contribution in [3.63, 3.8) is 0 Å². The Bertz CT molecular complexity index is 436. The van der Waals surface area contributed by atoms with Crippen LogP contribution in [0.15, 0.2) is 36.2 Å². The van der Waals surface area contributed by atoms with Gasteiger partial charge in [-0.05, 0) is 31.2 Å². The molecule has 1 atom stereocenters. The van der Waals surface area contributed by atoms with Crippen molar-refractivity contribution in [2.75, 3.05) is 13.7 Å². The van der Waals surface area contributed by atoms with Gasteiger partial charge >= 0.3 is 0 Å². The van der Waals surface area contributed by atoms with Gasteiger partial charge in [0.2, 0.25) is 0 Å². The minimum atomic E-state index is -0.0794. The molecule has 90 valence electrons. The minimum Gasteiger partial charge on any atom is -0.497 e. The summed E-state index contributed by atoms with van der Waals surface area (Å²) in [5.74, 6) is 1.20. The molecule has 0 spiro atoms. The Hall–Kier alpha value is -1.97. The molecule has 1 saturated heterocycles. The van der Waals surface area contributed by atoms with E-state index < -0.39 is 0 Å². The lowest BCUT2D eigenvalue weighted by Gasteiger charge is -2.02. The van der Waals surface area contributed by atoms with Crippen molar-refractivity contribution in [2.24, 2.45) is 0 Å². The molecule has 0 aliphatic carbocycles. The van der Waals surface area contributed by atoms with Crippen molar-refractivity contribution < 1.29 is 14.3 Å². The van der Waals surface area contributed by atoms with E-state index >= 15 is 0 Å². The van der Waals surface area contributed by atoms with Crippen LogP contribution < -0.4 is 10.1 Å². The van der Waals surface area contributed by atoms with E-state index in [1.165, 1.54) is 6.08 Å². The SMILES string of the molecule is COc1ccc(C(=O)/C=C2\NCC(C)O2)cc1. The Morgan fingerprint density at radius 1 is 1.47 bits per heavy atom. The second kappa shape index (κ2) is 4.91. The molecule has 1 aromatic carbocycles. The van der Waals surface area contributed by atoms with Crippen molar-refractivity contribution in [3.8, 4) is 5.75 Å². The van der Waals surface area contributed by atoms with E-state index in [1.54, 1.807) is 31.4 Å². The van der Waals surface area contributed by atoms with Gasteiger partial charge in [0.25, 0.3) is 0 Å². The summed E-state index contributed by atoms with van der Waals surface area (Å²) in [6, 6.07) is 6.99. The third kappa shape index (κ3) is 2.78. The van der Waals surface area contributed by atoms with Gasteiger partial charge in [-0.1, -0.05) is 0 Å². The Morgan fingerprint density at radius 3 is 2.71 bits per heavy atom. The Kier molecular flexibility index (Phi) is 3.32. The number of nitrogens with one attached hydrogen (secondary N) is 1. The smallest absolute Gasteiger partial charge is 0.191 e. The topological polar surface area (TPSA) is 47.6 Å². The second-order valence-electron chi connectivity index (χ2n) is 3.91. The molecule has 1 aromatic rings. The van der Waals surface area contributed by atoms with E-state index in [0.717, 1.165) is 12.3 Å². The highest BCUT2D eigenvalue weighted by Crippen LogP contribution is 2.14. The van der Waals surface area contributed by atoms with Gasteiger partial charge in [-0.25, -0.2) is 0 Å². The fraction of sp³-hybridized carbons (Fsp3) is 0.308. The quantitative estimate of drug-likeness (QED) is 0.638. The molecule has 1 aliphatic heterocycles. The van der Waals surface area contributed by atoms with E-state index in [1.807, 2.05) is 6.92 Å². The predicted molar refractivity (Wildman–Crippen MR) is 64.0 cm³/mol. The molecule has 0 aromatic heterocycles. The van der Waals surface area contributed by atoms with Gasteiger partial charge in [0, 0.05) is 11.6 Å². The number of hydrogen-bond acceptors (Lipinski definition) is 4. The standard InChI is InChI=1S/C13H15NO3/c1-9-8-14-13(17-9)7-12(15)10-3-5-11(16-2)6-4-10/h3-7,9,14H,8H2,1-2H3/b13-7+. The Balaban J connectivity index is 2.09. The van der Waals surface area contributed by atoms with Gasteiger partial charge < -0.3 is 14.8 Å². The Morgan fingerprint density at radius 2 is 2.18 bits per heavy atom. The molecule has 1 N–H and O–H groups in total. The molecule has 1 aliphatic rings. The highest BCUT2D eigenvalue weighted by Gasteiger charge is 2.16. The van der Waals surface area contributed by atoms with E-state index in [4.69, 9.17) is 9.47 Å². The number of benzene rings is 1. The van der Waals surface area contributed by atoms with Crippen molar-refractivity contribution in [1.29, 1.82) is 0 Å². The van der Waals surface area contributed by atoms with Crippen LogP contribution in [0, 0.1) is 0 Å². The average Bonchev–Trinajstić information content (AvgIpc) is 2.75. The zero-order chi connectivity index (χ0) is 12.3. The van der Waals surface area contributed by atoms with Crippen LogP contribution in [0.4, 0.5) is 0 Å². The van der Waals surface area contributed by atoms with Gasteiger partial charge in [0.05, 0.1) is 13.7 Å². The van der Waals surface area contributed by atoms with Gasteiger partial charge in [-0.2, -0.15) is 0 Å². The average molecular weight is 233 g/mol. The lowest BCUT2D eigenvalue weighted by molar-refractivity contribution is 0.103. The molecule has 0 bridgehead atoms. The monoisotopic (exact) mass is 233 g/mol. The number of rotatable bonds is 3. The van der Waals surface area contributed by atoms with Crippen LogP contribution in [0.2, 0.25) is 0 Å². The van der Waals surface area contributed by atoms with Crippen molar-refractivity contribution in [2.45, 2.75) is 13.0 Å². The zero-order valence-corrected chi connectivity index (χ0v) is 9.90. The van der Waals surface area contributed by atoms with Crippen LogP contribution in [-0.2, 0) is 4.74 Å². The molecule has 4 nitrogen and oxygen atoms in total. The lowest BCUT2D eigenvalue weighted by atomic mass is 10.1. The summed E-state index contributed by atoms with van der Waals surface area (Å²) in [5.41, 5.74) is 0.614. The van der Waals surface area contributed by atoms with Crippen LogP contribution >= 0.6 is 0 Å². The number of hydrogen-bond donors (Lipinski definition) is 1. The summed E-state index contributed by atoms with van der Waals surface area (Å²) in [5, 5.41) is 3.02. The van der Waals surface area contributed by atoms with Gasteiger partial charge in [-0.15, -0.1) is 0 Å². The number of methoxy groups -OCH3 is 1. The van der Waals surface area contributed by atoms with Gasteiger partial charge in [0.15, 0.2) is 11.7 Å². The first kappa shape index (κ1) is 11.5. The van der Waals surface area contributed by atoms with Crippen molar-refractivity contribution in [1.82, 2.24) is 5.32 Å². The second-order valence-corrected chi connectivity index (χ2v) is 3.91. The van der Waals surface area contributed by atoms with Crippen LogP contribution in [0.1, 0.15) is 17.3 Å². The summed E-state index contributed by atoms with van der Waals surface area (Å²) in [6.07, 6.45) is 1.59. The zero-order valence-electron chi connectivity index (χ0n) is 9.90. The number of allylic oxidation sites excluding steroid dienone is 1. The molecule has 17 heavy (non-hydrogen) atoms. The minimum absolute atomic E-state index is 0.0794. The summed E-state index contributed by atoms with van der Waals surface area (Å²) < 4.78 is 10.4.